The van der Waals surface area contributed by atoms with E-state index in [4.69, 9.17) is 0 Å². The second-order valence-electron chi connectivity index (χ2n) is 9.98. The SMILES string of the molecule is C1=CC=CCCCCCCCCCCCCCCCCCCCCCCCCC=CC=C1. The van der Waals surface area contributed by atoms with Crippen LogP contribution in [0.1, 0.15) is 154 Å². The van der Waals surface area contributed by atoms with Crippen LogP contribution in [0.2, 0.25) is 0 Å². The van der Waals surface area contributed by atoms with E-state index < -0.39 is 0 Å². The molecule has 0 fully saturated rings. The van der Waals surface area contributed by atoms with Crippen LogP contribution in [0.5, 0.6) is 0 Å². The first-order valence-electron chi connectivity index (χ1n) is 14.6. The topological polar surface area (TPSA) is 0 Å². The van der Waals surface area contributed by atoms with E-state index in [0.717, 1.165) is 0 Å². The van der Waals surface area contributed by atoms with Crippen LogP contribution >= 0.6 is 0 Å². The summed E-state index contributed by atoms with van der Waals surface area (Å²) in [6, 6.07) is 0. The molecule has 0 heteroatoms. The van der Waals surface area contributed by atoms with Crippen LogP contribution in [0.4, 0.5) is 0 Å². The van der Waals surface area contributed by atoms with E-state index in [2.05, 4.69) is 48.6 Å². The average Bonchev–Trinajstić information content (AvgIpc) is 2.80. The first kappa shape index (κ1) is 29.0. The van der Waals surface area contributed by atoms with Crippen LogP contribution in [-0.4, -0.2) is 0 Å². The molecule has 0 aromatic rings. The second kappa shape index (κ2) is 26.2. The first-order chi connectivity index (χ1) is 16.0. The highest BCUT2D eigenvalue weighted by Crippen LogP contribution is 2.15. The zero-order chi connectivity index (χ0) is 22.6. The van der Waals surface area contributed by atoms with E-state index in [0.29, 0.717) is 0 Å². The normalized spacial score (nSPS) is 22.0. The van der Waals surface area contributed by atoms with Gasteiger partial charge in [0, 0.05) is 0 Å². The molecule has 1 aliphatic carbocycles. The molecule has 0 nitrogen and oxygen atoms in total. The fourth-order valence-corrected chi connectivity index (χ4v) is 4.67. The van der Waals surface area contributed by atoms with Gasteiger partial charge in [-0.05, 0) is 25.7 Å². The van der Waals surface area contributed by atoms with Gasteiger partial charge in [-0.3, -0.25) is 0 Å². The van der Waals surface area contributed by atoms with Crippen molar-refractivity contribution in [3.05, 3.63) is 48.6 Å². The highest BCUT2D eigenvalue weighted by atomic mass is 14.0. The lowest BCUT2D eigenvalue weighted by Crippen LogP contribution is -1.84. The molecule has 0 unspecified atom stereocenters. The molecule has 0 amide bonds. The monoisotopic (exact) mass is 440 g/mol. The fraction of sp³-hybridized carbons (Fsp3) is 0.750. The smallest absolute Gasteiger partial charge is 0.0348 e. The molecule has 0 saturated carbocycles. The molecular weight excluding hydrogens is 384 g/mol. The predicted molar refractivity (Wildman–Crippen MR) is 147 cm³/mol. The van der Waals surface area contributed by atoms with Crippen molar-refractivity contribution in [3.8, 4) is 0 Å². The number of rotatable bonds is 0. The Morgan fingerprint density at radius 1 is 0.188 bits per heavy atom. The van der Waals surface area contributed by atoms with Gasteiger partial charge in [0.25, 0.3) is 0 Å². The zero-order valence-corrected chi connectivity index (χ0v) is 21.6. The van der Waals surface area contributed by atoms with Crippen molar-refractivity contribution in [2.75, 3.05) is 0 Å². The minimum atomic E-state index is 1.23. The number of hydrogen-bond donors (Lipinski definition) is 0. The Labute approximate surface area is 202 Å². The van der Waals surface area contributed by atoms with Gasteiger partial charge >= 0.3 is 0 Å². The van der Waals surface area contributed by atoms with Gasteiger partial charge in [-0.2, -0.15) is 0 Å². The quantitative estimate of drug-likeness (QED) is 0.351. The Bertz CT molecular complexity index is 420. The standard InChI is InChI=1S/C32H56/c1-2-4-6-8-10-12-14-16-18-20-22-24-26-28-30-32-31-29-27-25-23-21-19-17-15-13-11-9-7-5-3-1/h1-8H,9-32H2. The molecule has 0 bridgehead atoms. The molecule has 0 heterocycles. The molecule has 0 aromatic heterocycles. The molecule has 1 aliphatic rings. The van der Waals surface area contributed by atoms with Crippen LogP contribution in [0.15, 0.2) is 48.6 Å². The van der Waals surface area contributed by atoms with Crippen LogP contribution in [0.3, 0.4) is 0 Å². The Kier molecular flexibility index (Phi) is 23.8. The Hall–Kier alpha value is -1.04. The van der Waals surface area contributed by atoms with Gasteiger partial charge < -0.3 is 0 Å². The van der Waals surface area contributed by atoms with E-state index in [1.54, 1.807) is 0 Å². The van der Waals surface area contributed by atoms with Gasteiger partial charge in [0.1, 0.15) is 0 Å². The van der Waals surface area contributed by atoms with Crippen molar-refractivity contribution in [2.24, 2.45) is 0 Å². The molecule has 0 atom stereocenters. The second-order valence-corrected chi connectivity index (χ2v) is 9.98. The summed E-state index contributed by atoms with van der Waals surface area (Å²) in [4.78, 5) is 0. The van der Waals surface area contributed by atoms with Crippen LogP contribution in [0, 0.1) is 0 Å². The average molecular weight is 441 g/mol. The minimum Gasteiger partial charge on any atom is -0.0845 e. The maximum Gasteiger partial charge on any atom is -0.0348 e. The molecular formula is C32H56. The lowest BCUT2D eigenvalue weighted by atomic mass is 10.0. The molecule has 0 spiro atoms. The van der Waals surface area contributed by atoms with E-state index >= 15 is 0 Å². The Morgan fingerprint density at radius 2 is 0.375 bits per heavy atom. The molecule has 0 aromatic carbocycles. The van der Waals surface area contributed by atoms with E-state index in [-0.39, 0.29) is 0 Å². The van der Waals surface area contributed by atoms with Crippen molar-refractivity contribution >= 4 is 0 Å². The van der Waals surface area contributed by atoms with Crippen molar-refractivity contribution in [3.63, 3.8) is 0 Å². The van der Waals surface area contributed by atoms with E-state index in [1.807, 2.05) is 0 Å². The highest BCUT2D eigenvalue weighted by molar-refractivity contribution is 5.15. The highest BCUT2D eigenvalue weighted by Gasteiger charge is 1.96. The lowest BCUT2D eigenvalue weighted by Gasteiger charge is -2.04. The molecule has 0 saturated heterocycles. The Morgan fingerprint density at radius 3 is 0.625 bits per heavy atom. The summed E-state index contributed by atoms with van der Waals surface area (Å²) in [5.41, 5.74) is 0. The molecule has 1 rings (SSSR count). The van der Waals surface area contributed by atoms with Gasteiger partial charge in [-0.25, -0.2) is 0 Å². The Balaban J connectivity index is 2.14. The number of allylic oxidation sites excluding steroid dienone is 8. The minimum absolute atomic E-state index is 1.23. The third-order valence-corrected chi connectivity index (χ3v) is 6.82. The van der Waals surface area contributed by atoms with Crippen molar-refractivity contribution in [2.45, 2.75) is 154 Å². The third-order valence-electron chi connectivity index (χ3n) is 6.82. The van der Waals surface area contributed by atoms with E-state index in [1.165, 1.54) is 154 Å². The summed E-state index contributed by atoms with van der Waals surface area (Å²) in [6.07, 6.45) is 52.0. The first-order valence-corrected chi connectivity index (χ1v) is 14.6. The summed E-state index contributed by atoms with van der Waals surface area (Å²) in [6.45, 7) is 0. The predicted octanol–water partition coefficient (Wildman–Crippen LogP) is 11.6. The van der Waals surface area contributed by atoms with Crippen LogP contribution in [-0.2, 0) is 0 Å². The molecule has 0 N–H and O–H groups in total. The van der Waals surface area contributed by atoms with Gasteiger partial charge in [0.15, 0.2) is 0 Å². The van der Waals surface area contributed by atoms with Gasteiger partial charge in [-0.1, -0.05) is 177 Å². The van der Waals surface area contributed by atoms with Crippen molar-refractivity contribution < 1.29 is 0 Å². The molecule has 184 valence electrons. The van der Waals surface area contributed by atoms with Crippen LogP contribution < -0.4 is 0 Å². The lowest BCUT2D eigenvalue weighted by molar-refractivity contribution is 0.518. The number of hydrogen-bond acceptors (Lipinski definition) is 0. The summed E-state index contributed by atoms with van der Waals surface area (Å²) >= 11 is 0. The molecule has 0 aliphatic heterocycles. The summed E-state index contributed by atoms with van der Waals surface area (Å²) < 4.78 is 0. The van der Waals surface area contributed by atoms with Crippen molar-refractivity contribution in [1.29, 1.82) is 0 Å². The van der Waals surface area contributed by atoms with Gasteiger partial charge in [-0.15, -0.1) is 0 Å². The van der Waals surface area contributed by atoms with Gasteiger partial charge in [0.2, 0.25) is 0 Å². The van der Waals surface area contributed by atoms with Gasteiger partial charge in [0.05, 0.1) is 0 Å². The maximum atomic E-state index is 2.32. The maximum absolute atomic E-state index is 2.32. The van der Waals surface area contributed by atoms with Crippen molar-refractivity contribution in [1.82, 2.24) is 0 Å². The molecule has 0 radical (unpaired) electrons. The summed E-state index contributed by atoms with van der Waals surface area (Å²) in [5.74, 6) is 0. The van der Waals surface area contributed by atoms with Crippen LogP contribution in [0.25, 0.3) is 0 Å². The third kappa shape index (κ3) is 23.6. The largest absolute Gasteiger partial charge is 0.0845 e. The fourth-order valence-electron chi connectivity index (χ4n) is 4.67. The zero-order valence-electron chi connectivity index (χ0n) is 21.6. The van der Waals surface area contributed by atoms with E-state index in [9.17, 15) is 0 Å². The molecule has 32 heavy (non-hydrogen) atoms. The summed E-state index contributed by atoms with van der Waals surface area (Å²) in [5, 5.41) is 0. The summed E-state index contributed by atoms with van der Waals surface area (Å²) in [7, 11) is 0.